The molecule has 0 amide bonds. The number of benzene rings is 2. The molecule has 0 aliphatic rings. The van der Waals surface area contributed by atoms with E-state index >= 15 is 0 Å². The van der Waals surface area contributed by atoms with Gasteiger partial charge in [0.15, 0.2) is 0 Å². The second-order valence-corrected chi connectivity index (χ2v) is 6.48. The fourth-order valence-electron chi connectivity index (χ4n) is 2.66. The smallest absolute Gasteiger partial charge is 0.119 e. The zero-order valence-corrected chi connectivity index (χ0v) is 16.7. The molecule has 0 fully saturated rings. The molecule has 0 heterocycles. The number of unbranched alkanes of at least 4 members (excludes halogenated alkanes) is 3. The molecule has 4 nitrogen and oxygen atoms in total. The van der Waals surface area contributed by atoms with Gasteiger partial charge >= 0.3 is 0 Å². The summed E-state index contributed by atoms with van der Waals surface area (Å²) in [6, 6.07) is 16.3. The minimum atomic E-state index is 0.577. The summed E-state index contributed by atoms with van der Waals surface area (Å²) in [7, 11) is 0. The van der Waals surface area contributed by atoms with Crippen molar-refractivity contribution in [2.75, 3.05) is 31.7 Å². The van der Waals surface area contributed by atoms with E-state index in [0.717, 1.165) is 43.4 Å². The Bertz CT molecular complexity index is 611. The second kappa shape index (κ2) is 13.0. The maximum absolute atomic E-state index is 5.79. The summed E-state index contributed by atoms with van der Waals surface area (Å²) in [5.74, 6) is 1.81. The first-order chi connectivity index (χ1) is 13.3. The highest BCUT2D eigenvalue weighted by molar-refractivity contribution is 5.47. The van der Waals surface area contributed by atoms with Crippen LogP contribution in [0.3, 0.4) is 0 Å². The van der Waals surface area contributed by atoms with E-state index in [2.05, 4.69) is 24.4 Å². The quantitative estimate of drug-likeness (QED) is 0.434. The summed E-state index contributed by atoms with van der Waals surface area (Å²) in [6.45, 7) is 7.70. The highest BCUT2D eigenvalue weighted by Crippen LogP contribution is 2.18. The average molecular weight is 372 g/mol. The van der Waals surface area contributed by atoms with Gasteiger partial charge in [-0.2, -0.15) is 0 Å². The van der Waals surface area contributed by atoms with Crippen LogP contribution in [0.4, 0.5) is 5.69 Å². The first-order valence-electron chi connectivity index (χ1n) is 10.1. The predicted octanol–water partition coefficient (Wildman–Crippen LogP) is 5.67. The molecular weight excluding hydrogens is 338 g/mol. The summed E-state index contributed by atoms with van der Waals surface area (Å²) in [4.78, 5) is 0. The third kappa shape index (κ3) is 8.83. The molecule has 2 rings (SSSR count). The molecular formula is C23H33NO3. The maximum Gasteiger partial charge on any atom is 0.119 e. The standard InChI is InChI=1S/C23H33NO3/c1-3-5-6-7-16-26-22-12-8-20(9-13-22)19-24-21-10-14-23(15-11-21)27-18-17-25-4-2/h8-15,24H,3-7,16-19H2,1-2H3. The van der Waals surface area contributed by atoms with E-state index in [-0.39, 0.29) is 0 Å². The van der Waals surface area contributed by atoms with Gasteiger partial charge in [0.2, 0.25) is 0 Å². The molecule has 0 saturated carbocycles. The first-order valence-corrected chi connectivity index (χ1v) is 10.1. The fraction of sp³-hybridized carbons (Fsp3) is 0.478. The molecule has 0 atom stereocenters. The fourth-order valence-corrected chi connectivity index (χ4v) is 2.66. The summed E-state index contributed by atoms with van der Waals surface area (Å²) >= 11 is 0. The Balaban J connectivity index is 1.68. The van der Waals surface area contributed by atoms with Crippen molar-refractivity contribution in [3.05, 3.63) is 54.1 Å². The minimum Gasteiger partial charge on any atom is -0.494 e. The molecule has 2 aromatic carbocycles. The van der Waals surface area contributed by atoms with Gasteiger partial charge in [-0.1, -0.05) is 38.3 Å². The largest absolute Gasteiger partial charge is 0.494 e. The van der Waals surface area contributed by atoms with Crippen molar-refractivity contribution in [1.29, 1.82) is 0 Å². The van der Waals surface area contributed by atoms with E-state index in [1.807, 2.05) is 43.3 Å². The van der Waals surface area contributed by atoms with E-state index in [1.54, 1.807) is 0 Å². The number of rotatable bonds is 14. The van der Waals surface area contributed by atoms with Crippen LogP contribution in [-0.4, -0.2) is 26.4 Å². The lowest BCUT2D eigenvalue weighted by molar-refractivity contribution is 0.110. The highest BCUT2D eigenvalue weighted by atomic mass is 16.5. The zero-order valence-electron chi connectivity index (χ0n) is 16.7. The zero-order chi connectivity index (χ0) is 19.2. The molecule has 0 radical (unpaired) electrons. The number of ether oxygens (including phenoxy) is 3. The summed E-state index contributed by atoms with van der Waals surface area (Å²) in [6.07, 6.45) is 4.91. The van der Waals surface area contributed by atoms with Gasteiger partial charge in [-0.05, 0) is 55.3 Å². The van der Waals surface area contributed by atoms with Crippen LogP contribution in [0.1, 0.15) is 45.1 Å². The number of nitrogens with one attached hydrogen (secondary N) is 1. The van der Waals surface area contributed by atoms with E-state index in [1.165, 1.54) is 24.8 Å². The van der Waals surface area contributed by atoms with Gasteiger partial charge in [-0.3, -0.25) is 0 Å². The normalized spacial score (nSPS) is 10.6. The minimum absolute atomic E-state index is 0.577. The SMILES string of the molecule is CCCCCCOc1ccc(CNc2ccc(OCCOCC)cc2)cc1. The molecule has 148 valence electrons. The molecule has 0 unspecified atom stereocenters. The average Bonchev–Trinajstić information content (AvgIpc) is 2.71. The van der Waals surface area contributed by atoms with Crippen molar-refractivity contribution in [3.63, 3.8) is 0 Å². The van der Waals surface area contributed by atoms with Crippen LogP contribution in [0, 0.1) is 0 Å². The topological polar surface area (TPSA) is 39.7 Å². The van der Waals surface area contributed by atoms with Crippen molar-refractivity contribution >= 4 is 5.69 Å². The molecule has 0 aliphatic carbocycles. The lowest BCUT2D eigenvalue weighted by Crippen LogP contribution is -2.06. The molecule has 0 aromatic heterocycles. The lowest BCUT2D eigenvalue weighted by Gasteiger charge is -2.10. The number of anilines is 1. The van der Waals surface area contributed by atoms with E-state index in [0.29, 0.717) is 13.2 Å². The lowest BCUT2D eigenvalue weighted by atomic mass is 10.2. The Hall–Kier alpha value is -2.20. The Morgan fingerprint density at radius 1 is 0.704 bits per heavy atom. The van der Waals surface area contributed by atoms with Crippen molar-refractivity contribution < 1.29 is 14.2 Å². The first kappa shape index (κ1) is 21.1. The van der Waals surface area contributed by atoms with E-state index in [4.69, 9.17) is 14.2 Å². The van der Waals surface area contributed by atoms with Crippen LogP contribution in [0.15, 0.2) is 48.5 Å². The van der Waals surface area contributed by atoms with Gasteiger partial charge in [0, 0.05) is 18.8 Å². The molecule has 0 aliphatic heterocycles. The van der Waals surface area contributed by atoms with Crippen LogP contribution in [0.2, 0.25) is 0 Å². The molecule has 0 saturated heterocycles. The Morgan fingerprint density at radius 2 is 1.37 bits per heavy atom. The molecule has 1 N–H and O–H groups in total. The van der Waals surface area contributed by atoms with Crippen LogP contribution < -0.4 is 14.8 Å². The van der Waals surface area contributed by atoms with Crippen LogP contribution in [0.25, 0.3) is 0 Å². The van der Waals surface area contributed by atoms with Crippen molar-refractivity contribution in [2.24, 2.45) is 0 Å². The molecule has 4 heteroatoms. The molecule has 0 spiro atoms. The van der Waals surface area contributed by atoms with E-state index in [9.17, 15) is 0 Å². The predicted molar refractivity (Wildman–Crippen MR) is 112 cm³/mol. The monoisotopic (exact) mass is 371 g/mol. The number of hydrogen-bond acceptors (Lipinski definition) is 4. The summed E-state index contributed by atoms with van der Waals surface area (Å²) < 4.78 is 16.7. The van der Waals surface area contributed by atoms with Crippen LogP contribution in [-0.2, 0) is 11.3 Å². The van der Waals surface area contributed by atoms with Gasteiger partial charge in [0.05, 0.1) is 13.2 Å². The van der Waals surface area contributed by atoms with Gasteiger partial charge in [0.25, 0.3) is 0 Å². The maximum atomic E-state index is 5.79. The third-order valence-corrected chi connectivity index (χ3v) is 4.24. The van der Waals surface area contributed by atoms with Gasteiger partial charge in [-0.25, -0.2) is 0 Å². The summed E-state index contributed by atoms with van der Waals surface area (Å²) in [5, 5.41) is 3.43. The van der Waals surface area contributed by atoms with Crippen molar-refractivity contribution in [3.8, 4) is 11.5 Å². The Kier molecular flexibility index (Phi) is 10.2. The highest BCUT2D eigenvalue weighted by Gasteiger charge is 1.99. The Labute approximate surface area is 163 Å². The molecule has 27 heavy (non-hydrogen) atoms. The Morgan fingerprint density at radius 3 is 2.04 bits per heavy atom. The van der Waals surface area contributed by atoms with E-state index < -0.39 is 0 Å². The summed E-state index contributed by atoms with van der Waals surface area (Å²) in [5.41, 5.74) is 2.30. The molecule has 2 aromatic rings. The van der Waals surface area contributed by atoms with Crippen molar-refractivity contribution in [1.82, 2.24) is 0 Å². The van der Waals surface area contributed by atoms with Crippen LogP contribution >= 0.6 is 0 Å². The van der Waals surface area contributed by atoms with Gasteiger partial charge in [0.1, 0.15) is 18.1 Å². The van der Waals surface area contributed by atoms with Gasteiger partial charge < -0.3 is 19.5 Å². The van der Waals surface area contributed by atoms with Crippen LogP contribution in [0.5, 0.6) is 11.5 Å². The van der Waals surface area contributed by atoms with Gasteiger partial charge in [-0.15, -0.1) is 0 Å². The second-order valence-electron chi connectivity index (χ2n) is 6.48. The third-order valence-electron chi connectivity index (χ3n) is 4.24. The number of hydrogen-bond donors (Lipinski definition) is 1. The van der Waals surface area contributed by atoms with Crippen molar-refractivity contribution in [2.45, 2.75) is 46.1 Å². The molecule has 0 bridgehead atoms.